The van der Waals surface area contributed by atoms with Gasteiger partial charge in [-0.1, -0.05) is 46.0 Å². The van der Waals surface area contributed by atoms with E-state index < -0.39 is 0 Å². The lowest BCUT2D eigenvalue weighted by atomic mass is 10.2. The van der Waals surface area contributed by atoms with Crippen molar-refractivity contribution in [2.24, 2.45) is 0 Å². The standard InChI is InChI=1S/C15H10BrFO/c16-13-9-14(17)11-15(10-13)18-8-4-7-12-5-2-1-3-6-12/h1-3,5-6,9-11H,8H2. The van der Waals surface area contributed by atoms with E-state index >= 15 is 0 Å². The average molecular weight is 305 g/mol. The molecule has 0 aliphatic heterocycles. The van der Waals surface area contributed by atoms with E-state index in [9.17, 15) is 4.39 Å². The Morgan fingerprint density at radius 1 is 1.11 bits per heavy atom. The van der Waals surface area contributed by atoms with Gasteiger partial charge < -0.3 is 4.74 Å². The van der Waals surface area contributed by atoms with Gasteiger partial charge in [0, 0.05) is 16.1 Å². The zero-order valence-corrected chi connectivity index (χ0v) is 11.1. The smallest absolute Gasteiger partial charge is 0.149 e. The lowest BCUT2D eigenvalue weighted by molar-refractivity contribution is 0.367. The first-order valence-electron chi connectivity index (χ1n) is 5.37. The zero-order valence-electron chi connectivity index (χ0n) is 9.49. The van der Waals surface area contributed by atoms with Crippen LogP contribution in [0.4, 0.5) is 4.39 Å². The van der Waals surface area contributed by atoms with Crippen LogP contribution in [0.1, 0.15) is 5.56 Å². The third kappa shape index (κ3) is 3.90. The Labute approximate surface area is 114 Å². The molecule has 0 unspecified atom stereocenters. The van der Waals surface area contributed by atoms with Crippen molar-refractivity contribution >= 4 is 15.9 Å². The van der Waals surface area contributed by atoms with Gasteiger partial charge in [0.1, 0.15) is 18.2 Å². The molecule has 2 rings (SSSR count). The number of halogens is 2. The van der Waals surface area contributed by atoms with Gasteiger partial charge in [0.05, 0.1) is 0 Å². The minimum absolute atomic E-state index is 0.227. The van der Waals surface area contributed by atoms with Crippen LogP contribution < -0.4 is 4.74 Å². The Morgan fingerprint density at radius 3 is 2.61 bits per heavy atom. The monoisotopic (exact) mass is 304 g/mol. The topological polar surface area (TPSA) is 9.23 Å². The molecular formula is C15H10BrFO. The molecule has 0 saturated heterocycles. The minimum Gasteiger partial charge on any atom is -0.481 e. The molecule has 18 heavy (non-hydrogen) atoms. The molecule has 0 aliphatic rings. The van der Waals surface area contributed by atoms with Gasteiger partial charge in [-0.25, -0.2) is 4.39 Å². The molecule has 0 heterocycles. The first-order valence-corrected chi connectivity index (χ1v) is 6.16. The second-order valence-electron chi connectivity index (χ2n) is 3.56. The first-order chi connectivity index (χ1) is 8.74. The molecule has 0 fully saturated rings. The summed E-state index contributed by atoms with van der Waals surface area (Å²) in [4.78, 5) is 0. The summed E-state index contributed by atoms with van der Waals surface area (Å²) in [6.45, 7) is 0.227. The Kier molecular flexibility index (Phi) is 4.38. The predicted octanol–water partition coefficient (Wildman–Crippen LogP) is 4.02. The summed E-state index contributed by atoms with van der Waals surface area (Å²) < 4.78 is 19.0. The summed E-state index contributed by atoms with van der Waals surface area (Å²) in [5, 5.41) is 0. The fourth-order valence-corrected chi connectivity index (χ4v) is 1.84. The quantitative estimate of drug-likeness (QED) is 0.762. The van der Waals surface area contributed by atoms with Gasteiger partial charge in [-0.2, -0.15) is 0 Å². The summed E-state index contributed by atoms with van der Waals surface area (Å²) in [6.07, 6.45) is 0. The van der Waals surface area contributed by atoms with Gasteiger partial charge >= 0.3 is 0 Å². The van der Waals surface area contributed by atoms with Crippen molar-refractivity contribution in [2.75, 3.05) is 6.61 Å². The van der Waals surface area contributed by atoms with Crippen LogP contribution in [0.25, 0.3) is 0 Å². The van der Waals surface area contributed by atoms with E-state index in [1.54, 1.807) is 6.07 Å². The normalized spacial score (nSPS) is 9.44. The molecular weight excluding hydrogens is 295 g/mol. The second kappa shape index (κ2) is 6.23. The van der Waals surface area contributed by atoms with Crippen LogP contribution in [0.3, 0.4) is 0 Å². The minimum atomic E-state index is -0.338. The molecule has 0 bridgehead atoms. The Bertz CT molecular complexity index is 564. The van der Waals surface area contributed by atoms with Gasteiger partial charge in [0.25, 0.3) is 0 Å². The maximum atomic E-state index is 13.1. The van der Waals surface area contributed by atoms with Crippen LogP contribution in [0.15, 0.2) is 53.0 Å². The molecule has 90 valence electrons. The number of hydrogen-bond acceptors (Lipinski definition) is 1. The SMILES string of the molecule is Fc1cc(Br)cc(OCC#Cc2ccccc2)c1. The Balaban J connectivity index is 1.95. The number of benzene rings is 2. The average Bonchev–Trinajstić information content (AvgIpc) is 2.35. The summed E-state index contributed by atoms with van der Waals surface area (Å²) in [6, 6.07) is 14.0. The molecule has 0 amide bonds. The van der Waals surface area contributed by atoms with Gasteiger partial charge in [0.2, 0.25) is 0 Å². The molecule has 0 aliphatic carbocycles. The van der Waals surface area contributed by atoms with E-state index in [1.807, 2.05) is 30.3 Å². The van der Waals surface area contributed by atoms with Crippen LogP contribution >= 0.6 is 15.9 Å². The molecule has 2 aromatic carbocycles. The fourth-order valence-electron chi connectivity index (χ4n) is 1.39. The highest BCUT2D eigenvalue weighted by molar-refractivity contribution is 9.10. The van der Waals surface area contributed by atoms with Gasteiger partial charge in [-0.05, 0) is 24.3 Å². The van der Waals surface area contributed by atoms with Crippen molar-refractivity contribution in [2.45, 2.75) is 0 Å². The molecule has 0 aromatic heterocycles. The summed E-state index contributed by atoms with van der Waals surface area (Å²) >= 11 is 3.20. The highest BCUT2D eigenvalue weighted by Gasteiger charge is 1.98. The lowest BCUT2D eigenvalue weighted by Gasteiger charge is -2.02. The van der Waals surface area contributed by atoms with E-state index in [2.05, 4.69) is 27.8 Å². The van der Waals surface area contributed by atoms with E-state index in [0.717, 1.165) is 5.56 Å². The summed E-state index contributed by atoms with van der Waals surface area (Å²) in [5.74, 6) is 5.97. The van der Waals surface area contributed by atoms with Crippen LogP contribution in [-0.2, 0) is 0 Å². The molecule has 1 nitrogen and oxygen atoms in total. The van der Waals surface area contributed by atoms with E-state index in [1.165, 1.54) is 12.1 Å². The lowest BCUT2D eigenvalue weighted by Crippen LogP contribution is -1.94. The third-order valence-corrected chi connectivity index (χ3v) is 2.61. The van der Waals surface area contributed by atoms with E-state index in [4.69, 9.17) is 4.74 Å². The van der Waals surface area contributed by atoms with Crippen LogP contribution in [0.2, 0.25) is 0 Å². The molecule has 0 atom stereocenters. The van der Waals surface area contributed by atoms with Gasteiger partial charge in [-0.3, -0.25) is 0 Å². The number of ether oxygens (including phenoxy) is 1. The van der Waals surface area contributed by atoms with Crippen LogP contribution in [0.5, 0.6) is 5.75 Å². The maximum absolute atomic E-state index is 13.1. The van der Waals surface area contributed by atoms with Crippen molar-refractivity contribution in [1.29, 1.82) is 0 Å². The highest BCUT2D eigenvalue weighted by atomic mass is 79.9. The van der Waals surface area contributed by atoms with Gasteiger partial charge in [0.15, 0.2) is 0 Å². The number of rotatable bonds is 2. The van der Waals surface area contributed by atoms with Crippen molar-refractivity contribution in [3.05, 3.63) is 64.4 Å². The summed E-state index contributed by atoms with van der Waals surface area (Å²) in [7, 11) is 0. The van der Waals surface area contributed by atoms with Crippen molar-refractivity contribution in [1.82, 2.24) is 0 Å². The second-order valence-corrected chi connectivity index (χ2v) is 4.48. The predicted molar refractivity (Wildman–Crippen MR) is 72.9 cm³/mol. The maximum Gasteiger partial charge on any atom is 0.149 e. The van der Waals surface area contributed by atoms with E-state index in [-0.39, 0.29) is 12.4 Å². The first kappa shape index (κ1) is 12.7. The zero-order chi connectivity index (χ0) is 12.8. The molecule has 3 heteroatoms. The number of hydrogen-bond donors (Lipinski definition) is 0. The Hall–Kier alpha value is -1.79. The van der Waals surface area contributed by atoms with Crippen molar-refractivity contribution in [3.8, 4) is 17.6 Å². The largest absolute Gasteiger partial charge is 0.481 e. The molecule has 2 aromatic rings. The molecule has 0 spiro atoms. The van der Waals surface area contributed by atoms with E-state index in [0.29, 0.717) is 10.2 Å². The highest BCUT2D eigenvalue weighted by Crippen LogP contribution is 2.20. The third-order valence-electron chi connectivity index (χ3n) is 2.15. The molecule has 0 N–H and O–H groups in total. The fraction of sp³-hybridized carbons (Fsp3) is 0.0667. The molecule has 0 saturated carbocycles. The van der Waals surface area contributed by atoms with Gasteiger partial charge in [-0.15, -0.1) is 0 Å². The Morgan fingerprint density at radius 2 is 1.89 bits per heavy atom. The van der Waals surface area contributed by atoms with Crippen molar-refractivity contribution < 1.29 is 9.13 Å². The van der Waals surface area contributed by atoms with Crippen molar-refractivity contribution in [3.63, 3.8) is 0 Å². The van der Waals surface area contributed by atoms with Crippen LogP contribution in [-0.4, -0.2) is 6.61 Å². The van der Waals surface area contributed by atoms with Crippen LogP contribution in [0, 0.1) is 17.7 Å². The summed E-state index contributed by atoms with van der Waals surface area (Å²) in [5.41, 5.74) is 0.932. The molecule has 0 radical (unpaired) electrons.